The van der Waals surface area contributed by atoms with Crippen LogP contribution in [-0.2, 0) is 26.0 Å². The number of primary sulfonamides is 1. The van der Waals surface area contributed by atoms with Crippen LogP contribution in [0.2, 0.25) is 0 Å². The number of primary amides is 1. The first-order chi connectivity index (χ1) is 24.4. The van der Waals surface area contributed by atoms with E-state index in [-0.39, 0.29) is 19.1 Å². The fourth-order valence-electron chi connectivity index (χ4n) is 6.92. The smallest absolute Gasteiger partial charge is 0.254 e. The molecular weight excluding hydrogens is 671 g/mol. The van der Waals surface area contributed by atoms with Gasteiger partial charge in [0, 0.05) is 30.2 Å². The Morgan fingerprint density at radius 3 is 2.76 bits per heavy atom. The summed E-state index contributed by atoms with van der Waals surface area (Å²) in [6, 6.07) is 11.9. The minimum Gasteiger partial charge on any atom is -0.471 e. The molecule has 3 aromatic heterocycles. The number of hydrogen-bond acceptors (Lipinski definition) is 10. The Hall–Kier alpha value is -4.44. The third-order valence-electron chi connectivity index (χ3n) is 9.89. The maximum atomic E-state index is 13.0. The van der Waals surface area contributed by atoms with E-state index in [1.807, 2.05) is 38.4 Å². The number of anilines is 1. The molecule has 6 rings (SSSR count). The van der Waals surface area contributed by atoms with Crippen LogP contribution in [0.25, 0.3) is 16.6 Å². The molecule has 0 saturated carbocycles. The summed E-state index contributed by atoms with van der Waals surface area (Å²) < 4.78 is 40.7. The van der Waals surface area contributed by atoms with Crippen LogP contribution in [0.15, 0.2) is 72.7 Å². The number of nitrogens with two attached hydrogens (primary N) is 2. The number of rotatable bonds is 16. The Morgan fingerprint density at radius 1 is 1.20 bits per heavy atom. The number of hydrogen-bond donors (Lipinski definition) is 2. The van der Waals surface area contributed by atoms with Crippen LogP contribution >= 0.6 is 0 Å². The lowest BCUT2D eigenvalue weighted by Gasteiger charge is -2.36. The van der Waals surface area contributed by atoms with Gasteiger partial charge in [-0.1, -0.05) is 43.7 Å². The van der Waals surface area contributed by atoms with Crippen LogP contribution in [0, 0.1) is 5.92 Å². The van der Waals surface area contributed by atoms with E-state index < -0.39 is 26.8 Å². The van der Waals surface area contributed by atoms with Crippen LogP contribution in [0.4, 0.5) is 5.82 Å². The number of quaternary nitrogens is 1. The molecule has 4 aromatic rings. The van der Waals surface area contributed by atoms with Gasteiger partial charge in [-0.3, -0.25) is 4.79 Å². The van der Waals surface area contributed by atoms with Gasteiger partial charge in [0.15, 0.2) is 0 Å². The Morgan fingerprint density at radius 2 is 2.02 bits per heavy atom. The van der Waals surface area contributed by atoms with E-state index in [1.54, 1.807) is 22.9 Å². The van der Waals surface area contributed by atoms with Crippen LogP contribution < -0.4 is 20.5 Å². The molecule has 2 unspecified atom stereocenters. The second kappa shape index (κ2) is 15.0. The number of unbranched alkanes of at least 4 members (excludes halogenated alkanes) is 1. The number of benzene rings is 1. The highest BCUT2D eigenvalue weighted by Gasteiger charge is 2.44. The molecule has 0 bridgehead atoms. The molecule has 1 fully saturated rings. The van der Waals surface area contributed by atoms with Gasteiger partial charge in [0.1, 0.15) is 31.2 Å². The standard InChI is InChI=1S/C36H47N9O5S/c1-4-5-10-28-22-27-9-6-7-12-30(27)34(42-28)49-21-20-45(2,3)23-31(33(37)46)26-13-16-36(17-14-26,51(38,47)48)50-24-29-11-8-19-43(29)32-15-18-39-35-40-25-41-44(32)35/h6-7,9,12-16,18,22,25,29,31H,4-5,8,10-11,17,19-21,23-24H2,1-3H3,(H3-,37,38,46,47,48)/p+1/t29-,31?,36?/m1/s1. The van der Waals surface area contributed by atoms with Crippen molar-refractivity contribution in [2.75, 3.05) is 51.8 Å². The molecule has 3 atom stereocenters. The minimum absolute atomic E-state index is 0.0552. The average molecular weight is 719 g/mol. The first kappa shape index (κ1) is 36.4. The second-order valence-corrected chi connectivity index (χ2v) is 15.8. The van der Waals surface area contributed by atoms with Gasteiger partial charge in [-0.2, -0.15) is 14.6 Å². The zero-order valence-corrected chi connectivity index (χ0v) is 30.3. The monoisotopic (exact) mass is 718 g/mol. The topological polar surface area (TPSA) is 181 Å². The molecular formula is C36H48N9O5S+. The van der Waals surface area contributed by atoms with Crippen LogP contribution in [0.1, 0.15) is 44.7 Å². The van der Waals surface area contributed by atoms with Crippen molar-refractivity contribution in [1.82, 2.24) is 24.6 Å². The van der Waals surface area contributed by atoms with Crippen molar-refractivity contribution in [1.29, 1.82) is 0 Å². The zero-order valence-electron chi connectivity index (χ0n) is 29.5. The van der Waals surface area contributed by atoms with E-state index in [4.69, 9.17) is 25.3 Å². The fourth-order valence-corrected chi connectivity index (χ4v) is 7.73. The molecule has 4 N–H and O–H groups in total. The molecule has 0 radical (unpaired) electrons. The number of carbonyl (C=O) groups excluding carboxylic acids is 1. The predicted octanol–water partition coefficient (Wildman–Crippen LogP) is 3.13. The summed E-state index contributed by atoms with van der Waals surface area (Å²) in [5.74, 6) is 0.709. The quantitative estimate of drug-likeness (QED) is 0.163. The third-order valence-corrected chi connectivity index (χ3v) is 11.3. The Labute approximate surface area is 298 Å². The zero-order chi connectivity index (χ0) is 36.2. The van der Waals surface area contributed by atoms with Gasteiger partial charge in [0.05, 0.1) is 33.3 Å². The molecule has 1 aromatic carbocycles. The number of carbonyl (C=O) groups is 1. The number of sulfonamides is 1. The van der Waals surface area contributed by atoms with Gasteiger partial charge in [0.2, 0.25) is 26.7 Å². The third kappa shape index (κ3) is 8.06. The number of aromatic nitrogens is 5. The molecule has 1 aliphatic heterocycles. The Bertz CT molecular complexity index is 2050. The van der Waals surface area contributed by atoms with E-state index in [2.05, 4.69) is 39.0 Å². The van der Waals surface area contributed by atoms with Crippen molar-refractivity contribution in [3.63, 3.8) is 0 Å². The molecule has 15 heteroatoms. The molecule has 1 amide bonds. The SMILES string of the molecule is CCCCc1cc2ccccc2c(OCC[N+](C)(C)CC(C(N)=O)C2=CCC(OC[C@H]3CCCN3c3ccnc4ncnn34)(S(N)(=O)=O)C=C2)n1. The average Bonchev–Trinajstić information content (AvgIpc) is 3.78. The van der Waals surface area contributed by atoms with Crippen molar-refractivity contribution >= 4 is 38.3 Å². The lowest BCUT2D eigenvalue weighted by atomic mass is 9.91. The van der Waals surface area contributed by atoms with Crippen molar-refractivity contribution in [2.45, 2.75) is 56.4 Å². The molecule has 14 nitrogen and oxygen atoms in total. The number of nitrogens with zero attached hydrogens (tertiary/aromatic N) is 7. The van der Waals surface area contributed by atoms with Crippen LogP contribution in [0.3, 0.4) is 0 Å². The van der Waals surface area contributed by atoms with Crippen molar-refractivity contribution < 1.29 is 27.2 Å². The van der Waals surface area contributed by atoms with Gasteiger partial charge in [-0.05, 0) is 60.9 Å². The van der Waals surface area contributed by atoms with Gasteiger partial charge in [0.25, 0.3) is 5.78 Å². The summed E-state index contributed by atoms with van der Waals surface area (Å²) in [7, 11) is -0.185. The lowest BCUT2D eigenvalue weighted by Crippen LogP contribution is -2.50. The van der Waals surface area contributed by atoms with Crippen molar-refractivity contribution in [3.8, 4) is 5.88 Å². The van der Waals surface area contributed by atoms with Crippen LogP contribution in [0.5, 0.6) is 5.88 Å². The summed E-state index contributed by atoms with van der Waals surface area (Å²) in [4.78, 5) is 26.4. The number of likely N-dealkylation sites (N-methyl/N-ethyl adjacent to an activating group) is 1. The molecule has 272 valence electrons. The van der Waals surface area contributed by atoms with Gasteiger partial charge < -0.3 is 24.6 Å². The number of fused-ring (bicyclic) bond motifs is 2. The Balaban J connectivity index is 1.11. The lowest BCUT2D eigenvalue weighted by molar-refractivity contribution is -0.892. The highest BCUT2D eigenvalue weighted by molar-refractivity contribution is 7.90. The minimum atomic E-state index is -4.21. The molecule has 1 aliphatic carbocycles. The van der Waals surface area contributed by atoms with E-state index >= 15 is 0 Å². The number of aryl methyl sites for hydroxylation is 1. The van der Waals surface area contributed by atoms with Crippen molar-refractivity contribution in [3.05, 3.63) is 78.4 Å². The van der Waals surface area contributed by atoms with Crippen LogP contribution in [-0.4, -0.2) is 101 Å². The number of ether oxygens (including phenoxy) is 2. The highest BCUT2D eigenvalue weighted by atomic mass is 32.2. The summed E-state index contributed by atoms with van der Waals surface area (Å²) >= 11 is 0. The Kier molecular flexibility index (Phi) is 10.7. The van der Waals surface area contributed by atoms with Gasteiger partial charge in [-0.15, -0.1) is 0 Å². The number of allylic oxidation sites excluding steroid dienone is 1. The van der Waals surface area contributed by atoms with E-state index in [0.717, 1.165) is 60.9 Å². The first-order valence-electron chi connectivity index (χ1n) is 17.5. The number of amides is 1. The maximum Gasteiger partial charge on any atom is 0.254 e. The van der Waals surface area contributed by atoms with E-state index in [1.165, 1.54) is 12.4 Å². The van der Waals surface area contributed by atoms with Gasteiger partial charge in [-0.25, -0.2) is 23.5 Å². The summed E-state index contributed by atoms with van der Waals surface area (Å²) in [6.45, 7) is 4.35. The molecule has 1 saturated heterocycles. The molecule has 2 aliphatic rings. The number of pyridine rings is 1. The molecule has 0 spiro atoms. The second-order valence-electron chi connectivity index (χ2n) is 14.1. The largest absolute Gasteiger partial charge is 0.471 e. The molecule has 4 heterocycles. The highest BCUT2D eigenvalue weighted by Crippen LogP contribution is 2.34. The van der Waals surface area contributed by atoms with Crippen molar-refractivity contribution in [2.24, 2.45) is 16.8 Å². The first-order valence-corrected chi connectivity index (χ1v) is 19.0. The summed E-state index contributed by atoms with van der Waals surface area (Å²) in [5.41, 5.74) is 7.58. The normalized spacial score (nSPS) is 20.2. The van der Waals surface area contributed by atoms with E-state index in [0.29, 0.717) is 41.4 Å². The van der Waals surface area contributed by atoms with Gasteiger partial charge >= 0.3 is 0 Å². The fraction of sp³-hybridized carbons (Fsp3) is 0.472. The predicted molar refractivity (Wildman–Crippen MR) is 195 cm³/mol. The maximum absolute atomic E-state index is 13.0. The van der Waals surface area contributed by atoms with E-state index in [9.17, 15) is 13.2 Å². The summed E-state index contributed by atoms with van der Waals surface area (Å²) in [6.07, 6.45) is 12.6. The molecule has 51 heavy (non-hydrogen) atoms. The summed E-state index contributed by atoms with van der Waals surface area (Å²) in [5, 5.41) is 12.1.